The summed E-state index contributed by atoms with van der Waals surface area (Å²) in [6.07, 6.45) is 0. The van der Waals surface area contributed by atoms with Crippen molar-refractivity contribution in [2.45, 2.75) is 0 Å². The van der Waals surface area contributed by atoms with Crippen LogP contribution in [-0.4, -0.2) is 16.9 Å². The molecular formula is C19H11NO4. The minimum absolute atomic E-state index is 0.0783. The highest BCUT2D eigenvalue weighted by molar-refractivity contribution is 6.35. The van der Waals surface area contributed by atoms with E-state index in [0.717, 1.165) is 5.39 Å². The number of aliphatic hydroxyl groups is 1. The van der Waals surface area contributed by atoms with E-state index in [1.165, 1.54) is 0 Å². The smallest absolute Gasteiger partial charge is 0.293 e. The molecule has 0 aliphatic carbocycles. The molecule has 5 nitrogen and oxygen atoms in total. The van der Waals surface area contributed by atoms with Crippen molar-refractivity contribution in [3.8, 4) is 0 Å². The Hall–Kier alpha value is -3.47. The second-order valence-corrected chi connectivity index (χ2v) is 5.56. The first kappa shape index (κ1) is 14.1. The van der Waals surface area contributed by atoms with Crippen LogP contribution >= 0.6 is 0 Å². The summed E-state index contributed by atoms with van der Waals surface area (Å²) in [6.45, 7) is 0. The van der Waals surface area contributed by atoms with Gasteiger partial charge in [-0.1, -0.05) is 42.5 Å². The van der Waals surface area contributed by atoms with Gasteiger partial charge < -0.3 is 5.11 Å². The number of hydrogen-bond donors (Lipinski definition) is 2. The van der Waals surface area contributed by atoms with Crippen LogP contribution in [0.3, 0.4) is 0 Å². The maximum atomic E-state index is 12.7. The van der Waals surface area contributed by atoms with Crippen LogP contribution in [0.2, 0.25) is 0 Å². The van der Waals surface area contributed by atoms with Crippen LogP contribution in [0, 0.1) is 0 Å². The Morgan fingerprint density at radius 3 is 2.21 bits per heavy atom. The second-order valence-electron chi connectivity index (χ2n) is 5.56. The number of carbonyl (C=O) groups excluding carboxylic acids is 2. The minimum atomic E-state index is -0.816. The van der Waals surface area contributed by atoms with Gasteiger partial charge in [0.15, 0.2) is 11.2 Å². The summed E-state index contributed by atoms with van der Waals surface area (Å²) in [4.78, 5) is 36.0. The topological polar surface area (TPSA) is 83.5 Å². The van der Waals surface area contributed by atoms with Gasteiger partial charge in [-0.05, 0) is 28.5 Å². The summed E-state index contributed by atoms with van der Waals surface area (Å²) in [7, 11) is 0. The van der Waals surface area contributed by atoms with E-state index >= 15 is 0 Å². The molecule has 0 saturated heterocycles. The van der Waals surface area contributed by atoms with Crippen LogP contribution in [0.25, 0.3) is 27.1 Å². The fourth-order valence-electron chi connectivity index (χ4n) is 2.95. The molecule has 3 aromatic carbocycles. The Morgan fingerprint density at radius 1 is 0.750 bits per heavy atom. The van der Waals surface area contributed by atoms with Crippen molar-refractivity contribution in [3.63, 3.8) is 0 Å². The third kappa shape index (κ3) is 1.99. The van der Waals surface area contributed by atoms with Gasteiger partial charge in [-0.2, -0.15) is 0 Å². The predicted octanol–water partition coefficient (Wildman–Crippen LogP) is 2.28. The van der Waals surface area contributed by atoms with E-state index in [2.05, 4.69) is 0 Å². The highest BCUT2D eigenvalue weighted by Gasteiger charge is 2.31. The fourth-order valence-corrected chi connectivity index (χ4v) is 2.95. The molecule has 2 amide bonds. The predicted molar refractivity (Wildman–Crippen MR) is 90.4 cm³/mol. The van der Waals surface area contributed by atoms with E-state index in [9.17, 15) is 19.5 Å². The molecule has 3 aromatic rings. The monoisotopic (exact) mass is 317 g/mol. The van der Waals surface area contributed by atoms with Crippen LogP contribution in [0.4, 0.5) is 0 Å². The molecule has 4 rings (SSSR count). The molecule has 2 N–H and O–H groups in total. The van der Waals surface area contributed by atoms with E-state index in [0.29, 0.717) is 21.7 Å². The zero-order chi connectivity index (χ0) is 16.8. The van der Waals surface area contributed by atoms with E-state index in [4.69, 9.17) is 0 Å². The van der Waals surface area contributed by atoms with Gasteiger partial charge in [0.05, 0.1) is 5.57 Å². The molecule has 0 radical (unpaired) electrons. The molecule has 0 saturated carbocycles. The summed E-state index contributed by atoms with van der Waals surface area (Å²) in [5.74, 6) is -2.07. The van der Waals surface area contributed by atoms with Crippen LogP contribution in [0.1, 0.15) is 5.56 Å². The summed E-state index contributed by atoms with van der Waals surface area (Å²) < 4.78 is 0. The third-order valence-corrected chi connectivity index (χ3v) is 4.14. The largest absolute Gasteiger partial charge is 0.502 e. The van der Waals surface area contributed by atoms with Gasteiger partial charge in [0.25, 0.3) is 11.8 Å². The molecule has 1 aliphatic heterocycles. The Kier molecular flexibility index (Phi) is 2.96. The highest BCUT2D eigenvalue weighted by Crippen LogP contribution is 2.25. The zero-order valence-corrected chi connectivity index (χ0v) is 12.4. The van der Waals surface area contributed by atoms with Gasteiger partial charge in [0, 0.05) is 10.8 Å². The Labute approximate surface area is 135 Å². The number of fused-ring (bicyclic) bond motifs is 2. The first-order valence-corrected chi connectivity index (χ1v) is 7.31. The van der Waals surface area contributed by atoms with Gasteiger partial charge in [-0.15, -0.1) is 0 Å². The lowest BCUT2D eigenvalue weighted by Gasteiger charge is -2.01. The van der Waals surface area contributed by atoms with Gasteiger partial charge >= 0.3 is 0 Å². The average molecular weight is 317 g/mol. The van der Waals surface area contributed by atoms with E-state index < -0.39 is 17.6 Å². The van der Waals surface area contributed by atoms with E-state index in [1.807, 2.05) is 23.5 Å². The normalized spacial score (nSPS) is 14.5. The summed E-state index contributed by atoms with van der Waals surface area (Å²) in [6, 6.07) is 15.7. The molecule has 0 bridgehead atoms. The molecule has 24 heavy (non-hydrogen) atoms. The average Bonchev–Trinajstić information content (AvgIpc) is 2.76. The maximum Gasteiger partial charge on any atom is 0.293 e. The Bertz CT molecular complexity index is 1140. The number of nitrogens with one attached hydrogen (secondary N) is 1. The number of aliphatic hydroxyl groups excluding tert-OH is 1. The molecule has 0 aromatic heterocycles. The SMILES string of the molecule is O=C1NC(=O)C(c2ccc3c(=O)c4ccccc4ccc3c2)=C1O. The lowest BCUT2D eigenvalue weighted by Crippen LogP contribution is -2.22. The van der Waals surface area contributed by atoms with Crippen LogP contribution in [-0.2, 0) is 9.59 Å². The third-order valence-electron chi connectivity index (χ3n) is 4.14. The molecule has 5 heteroatoms. The number of amides is 2. The molecule has 0 fully saturated rings. The maximum absolute atomic E-state index is 12.7. The van der Waals surface area contributed by atoms with Crippen molar-refractivity contribution in [2.75, 3.05) is 0 Å². The van der Waals surface area contributed by atoms with Gasteiger partial charge in [-0.25, -0.2) is 0 Å². The molecule has 0 unspecified atom stereocenters. The Balaban J connectivity index is 2.04. The van der Waals surface area contributed by atoms with Crippen molar-refractivity contribution < 1.29 is 14.7 Å². The number of imide groups is 1. The minimum Gasteiger partial charge on any atom is -0.502 e. The van der Waals surface area contributed by atoms with Crippen LogP contribution in [0.5, 0.6) is 0 Å². The molecule has 116 valence electrons. The molecular weight excluding hydrogens is 306 g/mol. The number of carbonyl (C=O) groups is 2. The van der Waals surface area contributed by atoms with Crippen molar-refractivity contribution in [2.24, 2.45) is 0 Å². The fraction of sp³-hybridized carbons (Fsp3) is 0. The van der Waals surface area contributed by atoms with Crippen molar-refractivity contribution >= 4 is 38.9 Å². The quantitative estimate of drug-likeness (QED) is 0.675. The second kappa shape index (κ2) is 5.03. The summed E-state index contributed by atoms with van der Waals surface area (Å²) >= 11 is 0. The summed E-state index contributed by atoms with van der Waals surface area (Å²) in [5, 5.41) is 14.4. The number of rotatable bonds is 1. The van der Waals surface area contributed by atoms with E-state index in [-0.39, 0.29) is 11.0 Å². The highest BCUT2D eigenvalue weighted by atomic mass is 16.3. The van der Waals surface area contributed by atoms with E-state index in [1.54, 1.807) is 36.4 Å². The van der Waals surface area contributed by atoms with Crippen LogP contribution < -0.4 is 10.7 Å². The standard InChI is InChI=1S/C19H11NO4/c21-16-13-4-2-1-3-10(13)5-6-11-9-12(7-8-14(11)16)15-17(22)19(24)20-18(15)23/h1-9H,(H2,20,22,23,24). The molecule has 1 aliphatic rings. The molecule has 0 spiro atoms. The van der Waals surface area contributed by atoms with Crippen LogP contribution in [0.15, 0.2) is 65.2 Å². The number of hydrogen-bond acceptors (Lipinski definition) is 4. The lowest BCUT2D eigenvalue weighted by atomic mass is 10.0. The molecule has 1 heterocycles. The zero-order valence-electron chi connectivity index (χ0n) is 12.4. The van der Waals surface area contributed by atoms with Gasteiger partial charge in [-0.3, -0.25) is 19.7 Å². The van der Waals surface area contributed by atoms with Crippen molar-refractivity contribution in [1.82, 2.24) is 5.32 Å². The first-order chi connectivity index (χ1) is 11.6. The van der Waals surface area contributed by atoms with Crippen molar-refractivity contribution in [1.29, 1.82) is 0 Å². The Morgan fingerprint density at radius 2 is 1.46 bits per heavy atom. The van der Waals surface area contributed by atoms with Crippen molar-refractivity contribution in [3.05, 3.63) is 76.1 Å². The first-order valence-electron chi connectivity index (χ1n) is 7.31. The summed E-state index contributed by atoms with van der Waals surface area (Å²) in [5.41, 5.74) is 0.200. The molecule has 0 atom stereocenters. The van der Waals surface area contributed by atoms with Gasteiger partial charge in [0.1, 0.15) is 0 Å². The number of benzene rings is 2. The lowest BCUT2D eigenvalue weighted by molar-refractivity contribution is -0.124. The van der Waals surface area contributed by atoms with Gasteiger partial charge in [0.2, 0.25) is 0 Å².